The van der Waals surface area contributed by atoms with E-state index < -0.39 is 0 Å². The van der Waals surface area contributed by atoms with Crippen LogP contribution >= 0.6 is 0 Å². The van der Waals surface area contributed by atoms with Crippen LogP contribution in [0, 0.1) is 27.2 Å². The van der Waals surface area contributed by atoms with Crippen molar-refractivity contribution in [3.8, 4) is 11.5 Å². The molecule has 0 aliphatic heterocycles. The van der Waals surface area contributed by atoms with Crippen molar-refractivity contribution in [3.05, 3.63) is 65.1 Å². The van der Waals surface area contributed by atoms with Gasteiger partial charge in [-0.15, -0.1) is 0 Å². The van der Waals surface area contributed by atoms with Gasteiger partial charge in [-0.3, -0.25) is 9.98 Å². The van der Waals surface area contributed by atoms with Gasteiger partial charge in [-0.1, -0.05) is 46.8 Å². The second kappa shape index (κ2) is 14.4. The summed E-state index contributed by atoms with van der Waals surface area (Å²) >= 11 is 0. The molecule has 0 amide bonds. The van der Waals surface area contributed by atoms with Crippen molar-refractivity contribution in [2.45, 2.75) is 60.3 Å². The molecule has 0 radical (unpaired) electrons. The normalized spacial score (nSPS) is 11.2. The van der Waals surface area contributed by atoms with Gasteiger partial charge in [-0.25, -0.2) is 0 Å². The van der Waals surface area contributed by atoms with E-state index in [1.165, 1.54) is 5.56 Å². The number of nitrogens with zero attached hydrogens (tertiary/aromatic N) is 2. The van der Waals surface area contributed by atoms with Crippen LogP contribution in [0.25, 0.3) is 0 Å². The third kappa shape index (κ3) is 9.82. The van der Waals surface area contributed by atoms with Crippen LogP contribution in [-0.2, 0) is 38.0 Å². The van der Waals surface area contributed by atoms with Gasteiger partial charge in [0.25, 0.3) is 0 Å². The molecule has 0 aliphatic rings. The van der Waals surface area contributed by atoms with Crippen molar-refractivity contribution in [3.63, 3.8) is 0 Å². The summed E-state index contributed by atoms with van der Waals surface area (Å²) in [6, 6.07) is 8.03. The Kier molecular flexibility index (Phi) is 14.6. The molecule has 176 valence electrons. The number of phenolic OH excluding ortho intramolecular Hbond substituents is 2. The zero-order valence-corrected chi connectivity index (χ0v) is 24.0. The molecule has 0 unspecified atom stereocenters. The summed E-state index contributed by atoms with van der Waals surface area (Å²) in [4.78, 5) is 7.89. The fourth-order valence-electron chi connectivity index (χ4n) is 3.35. The monoisotopic (exact) mass is 515 g/mol. The van der Waals surface area contributed by atoms with Crippen molar-refractivity contribution >= 4 is 12.4 Å². The summed E-state index contributed by atoms with van der Waals surface area (Å²) in [6.45, 7) is 14.7. The first-order valence-electron chi connectivity index (χ1n) is 10.4. The first-order valence-corrected chi connectivity index (χ1v) is 10.4. The van der Waals surface area contributed by atoms with E-state index in [1.807, 2.05) is 32.0 Å². The Balaban J connectivity index is 0. The molecule has 0 aliphatic carbocycles. The number of benzene rings is 2. The van der Waals surface area contributed by atoms with E-state index in [0.717, 1.165) is 34.2 Å². The largest absolute Gasteiger partial charge is 0.507 e. The first-order chi connectivity index (χ1) is 13.9. The van der Waals surface area contributed by atoms with Gasteiger partial charge in [0, 0.05) is 69.4 Å². The van der Waals surface area contributed by atoms with Gasteiger partial charge >= 0.3 is 0 Å². The maximum Gasteiger partial charge on any atom is 0.128 e. The molecule has 32 heavy (non-hydrogen) atoms. The molecule has 2 N–H and O–H groups in total. The van der Waals surface area contributed by atoms with E-state index in [-0.39, 0.29) is 39.0 Å². The Hall–Kier alpha value is -1.74. The van der Waals surface area contributed by atoms with Crippen LogP contribution in [0.1, 0.15) is 68.0 Å². The van der Waals surface area contributed by atoms with Gasteiger partial charge in [0.05, 0.1) is 0 Å². The molecule has 4 nitrogen and oxygen atoms in total. The van der Waals surface area contributed by atoms with E-state index in [1.54, 1.807) is 26.5 Å². The van der Waals surface area contributed by atoms with E-state index in [4.69, 9.17) is 0 Å². The number of aromatic hydroxyl groups is 2. The van der Waals surface area contributed by atoms with Gasteiger partial charge in [0.15, 0.2) is 0 Å². The predicted octanol–water partition coefficient (Wildman–Crippen LogP) is 6.44. The van der Waals surface area contributed by atoms with Crippen molar-refractivity contribution in [2.24, 2.45) is 15.9 Å². The van der Waals surface area contributed by atoms with Crippen molar-refractivity contribution < 1.29 is 36.4 Å². The molecule has 0 saturated carbocycles. The minimum Gasteiger partial charge on any atom is -0.507 e. The number of hydrogen-bond acceptors (Lipinski definition) is 4. The third-order valence-corrected chi connectivity index (χ3v) is 4.66. The number of aryl methyl sites for hydroxylation is 2. The fraction of sp³-hybridized carbons (Fsp3) is 0.444. The van der Waals surface area contributed by atoms with E-state index in [0.29, 0.717) is 17.4 Å². The van der Waals surface area contributed by atoms with Gasteiger partial charge in [0.1, 0.15) is 11.5 Å². The standard InChI is InChI=1S/C16H25NO.C10H13NO.CH3.Zr/c1-11(2)7-12-8-13(10-17-6)15(18)14(9-12)16(3,4)5;1-7-4-8(2)10(12)9(5-7)6-11-3;;/h8-11,18H,7H2,1-6H3;4-6,12H,1-3H3;1H3;/q;;-1;. The van der Waals surface area contributed by atoms with Gasteiger partial charge in [0.2, 0.25) is 0 Å². The number of aliphatic imine (C=N–C) groups is 2. The number of phenols is 2. The quantitative estimate of drug-likeness (QED) is 0.363. The summed E-state index contributed by atoms with van der Waals surface area (Å²) in [6.07, 6.45) is 4.41. The zero-order valence-electron chi connectivity index (χ0n) is 21.5. The molecule has 2 aromatic rings. The van der Waals surface area contributed by atoms with Crippen LogP contribution in [-0.4, -0.2) is 36.7 Å². The Morgan fingerprint density at radius 2 is 1.38 bits per heavy atom. The fourth-order valence-corrected chi connectivity index (χ4v) is 3.35. The Morgan fingerprint density at radius 1 is 0.875 bits per heavy atom. The van der Waals surface area contributed by atoms with E-state index in [2.05, 4.69) is 50.7 Å². The van der Waals surface area contributed by atoms with Crippen LogP contribution in [0.5, 0.6) is 11.5 Å². The minimum absolute atomic E-state index is 0. The first kappa shape index (κ1) is 32.4. The second-order valence-electron chi connectivity index (χ2n) is 9.22. The number of rotatable bonds is 4. The Labute approximate surface area is 215 Å². The van der Waals surface area contributed by atoms with Crippen LogP contribution in [0.3, 0.4) is 0 Å². The maximum atomic E-state index is 10.3. The molecule has 2 aromatic carbocycles. The van der Waals surface area contributed by atoms with Gasteiger partial charge < -0.3 is 17.6 Å². The van der Waals surface area contributed by atoms with Crippen LogP contribution in [0.4, 0.5) is 0 Å². The van der Waals surface area contributed by atoms with Crippen LogP contribution < -0.4 is 0 Å². The summed E-state index contributed by atoms with van der Waals surface area (Å²) in [7, 11) is 3.42. The summed E-state index contributed by atoms with van der Waals surface area (Å²) in [5, 5.41) is 19.9. The molecule has 5 heteroatoms. The molecular formula is C27H41N2O2Zr-. The van der Waals surface area contributed by atoms with Gasteiger partial charge in [-0.05, 0) is 60.4 Å². The summed E-state index contributed by atoms with van der Waals surface area (Å²) < 4.78 is 0. The molecule has 0 bridgehead atoms. The topological polar surface area (TPSA) is 65.2 Å². The average molecular weight is 517 g/mol. The Bertz CT molecular complexity index is 911. The molecule has 0 atom stereocenters. The Morgan fingerprint density at radius 3 is 1.81 bits per heavy atom. The summed E-state index contributed by atoms with van der Waals surface area (Å²) in [5.74, 6) is 1.29. The predicted molar refractivity (Wildman–Crippen MR) is 136 cm³/mol. The number of hydrogen-bond donors (Lipinski definition) is 2. The molecular weight excluding hydrogens is 476 g/mol. The maximum absolute atomic E-state index is 10.3. The molecule has 2 rings (SSSR count). The van der Waals surface area contributed by atoms with Crippen molar-refractivity contribution in [1.29, 1.82) is 0 Å². The summed E-state index contributed by atoms with van der Waals surface area (Å²) in [5.41, 5.74) is 5.84. The van der Waals surface area contributed by atoms with Gasteiger partial charge in [-0.2, -0.15) is 0 Å². The van der Waals surface area contributed by atoms with E-state index in [9.17, 15) is 10.2 Å². The third-order valence-electron chi connectivity index (χ3n) is 4.66. The molecule has 0 fully saturated rings. The molecule has 0 saturated heterocycles. The SMILES string of the molecule is CN=Cc1cc(C)cc(C)c1O.CN=Cc1cc(CC(C)C)cc(C(C)(C)C)c1O.[CH3-].[Zr]. The minimum atomic E-state index is -0.0621. The zero-order chi connectivity index (χ0) is 23.1. The van der Waals surface area contributed by atoms with Crippen LogP contribution in [0.15, 0.2) is 34.3 Å². The second-order valence-corrected chi connectivity index (χ2v) is 9.22. The molecule has 0 heterocycles. The average Bonchev–Trinajstić information content (AvgIpc) is 2.61. The molecule has 0 spiro atoms. The molecule has 0 aromatic heterocycles. The van der Waals surface area contributed by atoms with E-state index >= 15 is 0 Å². The van der Waals surface area contributed by atoms with Crippen molar-refractivity contribution in [1.82, 2.24) is 0 Å². The van der Waals surface area contributed by atoms with Crippen molar-refractivity contribution in [2.75, 3.05) is 14.1 Å². The van der Waals surface area contributed by atoms with Crippen LogP contribution in [0.2, 0.25) is 0 Å². The smallest absolute Gasteiger partial charge is 0.128 e.